The van der Waals surface area contributed by atoms with E-state index in [0.29, 0.717) is 18.5 Å². The van der Waals surface area contributed by atoms with E-state index in [2.05, 4.69) is 11.9 Å². The highest BCUT2D eigenvalue weighted by atomic mass is 19.1. The molecule has 0 radical (unpaired) electrons. The van der Waals surface area contributed by atoms with Crippen LogP contribution in [0.1, 0.15) is 12.8 Å². The minimum absolute atomic E-state index is 0.171. The quantitative estimate of drug-likeness (QED) is 0.827. The first kappa shape index (κ1) is 13.3. The number of anilines is 1. The summed E-state index contributed by atoms with van der Waals surface area (Å²) in [4.78, 5) is 25.2. The van der Waals surface area contributed by atoms with Gasteiger partial charge in [0.05, 0.1) is 5.69 Å². The maximum Gasteiger partial charge on any atom is 0.239 e. The lowest BCUT2D eigenvalue weighted by Gasteiger charge is -2.27. The molecule has 0 saturated carbocycles. The van der Waals surface area contributed by atoms with Gasteiger partial charge in [0.15, 0.2) is 0 Å². The molecule has 2 rings (SSSR count). The van der Waals surface area contributed by atoms with Crippen molar-refractivity contribution in [1.29, 1.82) is 0 Å². The second-order valence-corrected chi connectivity index (χ2v) is 4.53. The predicted molar refractivity (Wildman–Crippen MR) is 69.8 cm³/mol. The highest BCUT2D eigenvalue weighted by Gasteiger charge is 2.33. The lowest BCUT2D eigenvalue weighted by molar-refractivity contribution is -0.134. The van der Waals surface area contributed by atoms with Crippen LogP contribution in [0.15, 0.2) is 36.5 Å². The normalized spacial score (nSPS) is 18.9. The molecule has 4 nitrogen and oxygen atoms in total. The highest BCUT2D eigenvalue weighted by Crippen LogP contribution is 2.23. The van der Waals surface area contributed by atoms with E-state index in [1.165, 1.54) is 24.1 Å². The van der Waals surface area contributed by atoms with Crippen LogP contribution in [-0.4, -0.2) is 18.9 Å². The average Bonchev–Trinajstić information content (AvgIpc) is 2.38. The van der Waals surface area contributed by atoms with Gasteiger partial charge in [-0.2, -0.15) is 0 Å². The van der Waals surface area contributed by atoms with Crippen LogP contribution in [0.3, 0.4) is 0 Å². The second kappa shape index (κ2) is 5.22. The van der Waals surface area contributed by atoms with Gasteiger partial charge >= 0.3 is 0 Å². The molecule has 19 heavy (non-hydrogen) atoms. The van der Waals surface area contributed by atoms with Crippen LogP contribution in [-0.2, 0) is 9.59 Å². The van der Waals surface area contributed by atoms with E-state index in [9.17, 15) is 14.0 Å². The molecular formula is C14H15FN2O2. The molecule has 0 spiro atoms. The molecule has 1 aliphatic rings. The van der Waals surface area contributed by atoms with Gasteiger partial charge in [0.25, 0.3) is 0 Å². The van der Waals surface area contributed by atoms with Crippen LogP contribution in [0.5, 0.6) is 0 Å². The Bertz CT molecular complexity index is 542. The summed E-state index contributed by atoms with van der Waals surface area (Å²) in [6.07, 6.45) is 0.968. The minimum Gasteiger partial charge on any atom is -0.330 e. The fraction of sp³-hybridized carbons (Fsp3) is 0.286. The summed E-state index contributed by atoms with van der Waals surface area (Å²) in [5.74, 6) is -2.05. The molecule has 0 aliphatic carbocycles. The first-order chi connectivity index (χ1) is 9.00. The Morgan fingerprint density at radius 1 is 1.47 bits per heavy atom. The van der Waals surface area contributed by atoms with Crippen molar-refractivity contribution in [1.82, 2.24) is 5.32 Å². The Hall–Kier alpha value is -2.17. The topological polar surface area (TPSA) is 49.4 Å². The van der Waals surface area contributed by atoms with Crippen molar-refractivity contribution < 1.29 is 14.0 Å². The highest BCUT2D eigenvalue weighted by molar-refractivity contribution is 6.08. The summed E-state index contributed by atoms with van der Waals surface area (Å²) in [5, 5.41) is 2.56. The van der Waals surface area contributed by atoms with Crippen molar-refractivity contribution in [2.75, 3.05) is 11.9 Å². The Morgan fingerprint density at radius 2 is 2.16 bits per heavy atom. The number of amides is 2. The number of allylic oxidation sites excluding steroid dienone is 1. The molecule has 0 aromatic heterocycles. The van der Waals surface area contributed by atoms with Gasteiger partial charge in [-0.3, -0.25) is 9.59 Å². The number of hydrogen-bond acceptors (Lipinski definition) is 2. The number of nitrogens with one attached hydrogen (secondary N) is 1. The fourth-order valence-corrected chi connectivity index (χ4v) is 2.09. The Labute approximate surface area is 110 Å². The smallest absolute Gasteiger partial charge is 0.239 e. The van der Waals surface area contributed by atoms with Gasteiger partial charge in [0.2, 0.25) is 11.8 Å². The standard InChI is InChI=1S/C14H15FN2O2/c1-9-7-8-10(13(18)16-9)14(19)17(2)12-6-4-3-5-11(12)15/h3-6,10H,1,7-8H2,2H3,(H,16,18). The molecule has 1 atom stereocenters. The van der Waals surface area contributed by atoms with Crippen LogP contribution in [0.25, 0.3) is 0 Å². The van der Waals surface area contributed by atoms with Crippen molar-refractivity contribution in [2.45, 2.75) is 12.8 Å². The van der Waals surface area contributed by atoms with Crippen molar-refractivity contribution in [3.8, 4) is 0 Å². The van der Waals surface area contributed by atoms with Crippen molar-refractivity contribution >= 4 is 17.5 Å². The number of carbonyl (C=O) groups excluding carboxylic acids is 2. The SMILES string of the molecule is C=C1CCC(C(=O)N(C)c2ccccc2F)C(=O)N1. The molecule has 0 bridgehead atoms. The van der Waals surface area contributed by atoms with Gasteiger partial charge in [-0.15, -0.1) is 0 Å². The summed E-state index contributed by atoms with van der Waals surface area (Å²) in [7, 11) is 1.47. The van der Waals surface area contributed by atoms with E-state index < -0.39 is 17.6 Å². The fourth-order valence-electron chi connectivity index (χ4n) is 2.09. The monoisotopic (exact) mass is 262 g/mol. The Morgan fingerprint density at radius 3 is 2.79 bits per heavy atom. The maximum atomic E-state index is 13.6. The number of halogens is 1. The number of nitrogens with zero attached hydrogens (tertiary/aromatic N) is 1. The van der Waals surface area contributed by atoms with Gasteiger partial charge in [0, 0.05) is 12.7 Å². The van der Waals surface area contributed by atoms with Gasteiger partial charge in [-0.05, 0) is 25.0 Å². The second-order valence-electron chi connectivity index (χ2n) is 4.53. The Balaban J connectivity index is 2.18. The summed E-state index contributed by atoms with van der Waals surface area (Å²) < 4.78 is 13.6. The molecule has 1 aromatic carbocycles. The number of carbonyl (C=O) groups is 2. The van der Waals surface area contributed by atoms with E-state index in [1.807, 2.05) is 0 Å². The van der Waals surface area contributed by atoms with Gasteiger partial charge < -0.3 is 10.2 Å². The molecular weight excluding hydrogens is 247 g/mol. The molecule has 1 heterocycles. The summed E-state index contributed by atoms with van der Waals surface area (Å²) in [6, 6.07) is 5.98. The molecule has 5 heteroatoms. The lowest BCUT2D eigenvalue weighted by atomic mass is 9.95. The van der Waals surface area contributed by atoms with Gasteiger partial charge in [0.1, 0.15) is 11.7 Å². The number of benzene rings is 1. The third kappa shape index (κ3) is 2.65. The third-order valence-electron chi connectivity index (χ3n) is 3.19. The third-order valence-corrected chi connectivity index (χ3v) is 3.19. The average molecular weight is 262 g/mol. The van der Waals surface area contributed by atoms with E-state index in [-0.39, 0.29) is 11.6 Å². The number of piperidine rings is 1. The van der Waals surface area contributed by atoms with Gasteiger partial charge in [-0.1, -0.05) is 18.7 Å². The van der Waals surface area contributed by atoms with Crippen LogP contribution < -0.4 is 10.2 Å². The molecule has 100 valence electrons. The number of hydrogen-bond donors (Lipinski definition) is 1. The molecule has 2 amide bonds. The molecule has 1 N–H and O–H groups in total. The number of rotatable bonds is 2. The molecule has 1 aliphatic heterocycles. The summed E-state index contributed by atoms with van der Waals surface area (Å²) in [6.45, 7) is 3.66. The minimum atomic E-state index is -0.782. The van der Waals surface area contributed by atoms with Crippen molar-refractivity contribution in [3.05, 3.63) is 42.4 Å². The zero-order valence-corrected chi connectivity index (χ0v) is 10.6. The molecule has 1 aromatic rings. The number of para-hydroxylation sites is 1. The lowest BCUT2D eigenvalue weighted by Crippen LogP contribution is -2.44. The van der Waals surface area contributed by atoms with E-state index in [1.54, 1.807) is 12.1 Å². The maximum absolute atomic E-state index is 13.6. The zero-order chi connectivity index (χ0) is 14.0. The van der Waals surface area contributed by atoms with E-state index in [0.717, 1.165) is 0 Å². The first-order valence-corrected chi connectivity index (χ1v) is 6.01. The molecule has 1 fully saturated rings. The van der Waals surface area contributed by atoms with Crippen LogP contribution >= 0.6 is 0 Å². The van der Waals surface area contributed by atoms with Crippen molar-refractivity contribution in [3.63, 3.8) is 0 Å². The first-order valence-electron chi connectivity index (χ1n) is 6.01. The molecule has 1 unspecified atom stereocenters. The Kier molecular flexibility index (Phi) is 3.64. The van der Waals surface area contributed by atoms with Gasteiger partial charge in [-0.25, -0.2) is 4.39 Å². The summed E-state index contributed by atoms with van der Waals surface area (Å²) in [5.41, 5.74) is 0.785. The van der Waals surface area contributed by atoms with Crippen LogP contribution in [0.2, 0.25) is 0 Å². The molecule has 1 saturated heterocycles. The van der Waals surface area contributed by atoms with Crippen molar-refractivity contribution in [2.24, 2.45) is 5.92 Å². The van der Waals surface area contributed by atoms with Crippen LogP contribution in [0.4, 0.5) is 10.1 Å². The van der Waals surface area contributed by atoms with E-state index in [4.69, 9.17) is 0 Å². The largest absolute Gasteiger partial charge is 0.330 e. The van der Waals surface area contributed by atoms with E-state index >= 15 is 0 Å². The van der Waals surface area contributed by atoms with Crippen LogP contribution in [0, 0.1) is 11.7 Å². The summed E-state index contributed by atoms with van der Waals surface area (Å²) >= 11 is 0. The predicted octanol–water partition coefficient (Wildman–Crippen LogP) is 1.83. The zero-order valence-electron chi connectivity index (χ0n) is 10.6.